The lowest BCUT2D eigenvalue weighted by atomic mass is 10.0. The van der Waals surface area contributed by atoms with Crippen molar-refractivity contribution in [3.8, 4) is 11.5 Å². The van der Waals surface area contributed by atoms with Gasteiger partial charge in [-0.15, -0.1) is 0 Å². The van der Waals surface area contributed by atoms with Gasteiger partial charge in [-0.25, -0.2) is 4.98 Å². The first-order chi connectivity index (χ1) is 13.0. The van der Waals surface area contributed by atoms with E-state index in [4.69, 9.17) is 21.1 Å². The number of hydrogen-bond donors (Lipinski definition) is 0. The van der Waals surface area contributed by atoms with Crippen LogP contribution in [0, 0.1) is 0 Å². The van der Waals surface area contributed by atoms with Crippen molar-refractivity contribution in [2.45, 2.75) is 0 Å². The van der Waals surface area contributed by atoms with Gasteiger partial charge in [0, 0.05) is 5.39 Å². The van der Waals surface area contributed by atoms with Gasteiger partial charge in [0.25, 0.3) is 0 Å². The number of carbonyl (C=O) groups is 2. The fourth-order valence-electron chi connectivity index (χ4n) is 2.82. The first-order valence-corrected chi connectivity index (χ1v) is 8.33. The first-order valence-electron chi connectivity index (χ1n) is 7.95. The predicted molar refractivity (Wildman–Crippen MR) is 97.2 cm³/mol. The Morgan fingerprint density at radius 2 is 1.93 bits per heavy atom. The number of aromatic nitrogens is 1. The molecule has 7 heteroatoms. The van der Waals surface area contributed by atoms with Crippen molar-refractivity contribution in [2.24, 2.45) is 0 Å². The number of hydrogen-bond acceptors (Lipinski definition) is 6. The van der Waals surface area contributed by atoms with Crippen LogP contribution in [0.3, 0.4) is 0 Å². The highest BCUT2D eigenvalue weighted by Crippen LogP contribution is 2.40. The van der Waals surface area contributed by atoms with E-state index in [2.05, 4.69) is 4.98 Å². The number of para-hydroxylation sites is 1. The van der Waals surface area contributed by atoms with E-state index in [1.807, 2.05) is 12.1 Å². The Bertz CT molecular complexity index is 1120. The average Bonchev–Trinajstić information content (AvgIpc) is 3.14. The monoisotopic (exact) mass is 380 g/mol. The fraction of sp³-hybridized carbons (Fsp3) is 0.0500. The SMILES string of the molecule is O=C([O-])C(=O)/C(=C\c1cc(Cl)c2c(c1)OCO2)c1ccc2ccccc2n1. The highest BCUT2D eigenvalue weighted by atomic mass is 35.5. The van der Waals surface area contributed by atoms with E-state index in [1.54, 1.807) is 36.4 Å². The molecule has 0 radical (unpaired) electrons. The van der Waals surface area contributed by atoms with Crippen molar-refractivity contribution in [3.63, 3.8) is 0 Å². The number of pyridine rings is 1. The standard InChI is InChI=1S/C20H12ClNO5/c21-14-8-11(9-17-19(14)27-10-26-17)7-13(18(23)20(24)25)16-6-5-12-3-1-2-4-15(12)22-16/h1-9H,10H2,(H,24,25)/p-1/b13-7-. The molecule has 0 fully saturated rings. The molecule has 2 heterocycles. The topological polar surface area (TPSA) is 88.5 Å². The van der Waals surface area contributed by atoms with Crippen molar-refractivity contribution in [3.05, 3.63) is 64.8 Å². The molecule has 1 aliphatic heterocycles. The molecule has 27 heavy (non-hydrogen) atoms. The van der Waals surface area contributed by atoms with Gasteiger partial charge in [-0.3, -0.25) is 4.79 Å². The summed E-state index contributed by atoms with van der Waals surface area (Å²) < 4.78 is 10.6. The molecule has 1 aliphatic rings. The van der Waals surface area contributed by atoms with E-state index in [1.165, 1.54) is 6.08 Å². The Labute approximate surface area is 158 Å². The first kappa shape index (κ1) is 17.1. The summed E-state index contributed by atoms with van der Waals surface area (Å²) in [4.78, 5) is 27.9. The lowest BCUT2D eigenvalue weighted by Crippen LogP contribution is -2.32. The molecule has 2 aromatic carbocycles. The van der Waals surface area contributed by atoms with Crippen LogP contribution in [0.2, 0.25) is 5.02 Å². The van der Waals surface area contributed by atoms with Gasteiger partial charge in [0.2, 0.25) is 12.6 Å². The quantitative estimate of drug-likeness (QED) is 0.510. The van der Waals surface area contributed by atoms with Crippen LogP contribution in [0.4, 0.5) is 0 Å². The third-order valence-electron chi connectivity index (χ3n) is 4.06. The predicted octanol–water partition coefficient (Wildman–Crippen LogP) is 2.48. The summed E-state index contributed by atoms with van der Waals surface area (Å²) in [5, 5.41) is 12.4. The minimum Gasteiger partial charge on any atom is -0.541 e. The zero-order valence-electron chi connectivity index (χ0n) is 13.8. The second-order valence-electron chi connectivity index (χ2n) is 5.80. The lowest BCUT2D eigenvalue weighted by molar-refractivity contribution is -0.299. The zero-order valence-corrected chi connectivity index (χ0v) is 14.5. The summed E-state index contributed by atoms with van der Waals surface area (Å²) in [6, 6.07) is 13.8. The number of fused-ring (bicyclic) bond motifs is 2. The van der Waals surface area contributed by atoms with Crippen LogP contribution in [-0.4, -0.2) is 23.5 Å². The maximum atomic E-state index is 12.2. The van der Waals surface area contributed by atoms with E-state index in [-0.39, 0.29) is 18.1 Å². The van der Waals surface area contributed by atoms with Crippen LogP contribution >= 0.6 is 11.6 Å². The molecule has 0 amide bonds. The fourth-order valence-corrected chi connectivity index (χ4v) is 3.09. The number of halogens is 1. The summed E-state index contributed by atoms with van der Waals surface area (Å²) in [7, 11) is 0. The van der Waals surface area contributed by atoms with Crippen LogP contribution in [-0.2, 0) is 9.59 Å². The maximum Gasteiger partial charge on any atom is 0.231 e. The molecule has 0 atom stereocenters. The second-order valence-corrected chi connectivity index (χ2v) is 6.21. The Hall–Kier alpha value is -3.38. The number of rotatable bonds is 4. The molecule has 0 N–H and O–H groups in total. The van der Waals surface area contributed by atoms with Crippen LogP contribution in [0.15, 0.2) is 48.5 Å². The molecule has 0 saturated heterocycles. The molecule has 6 nitrogen and oxygen atoms in total. The summed E-state index contributed by atoms with van der Waals surface area (Å²) in [6.45, 7) is 0.0410. The van der Waals surface area contributed by atoms with Crippen molar-refractivity contribution < 1.29 is 24.2 Å². The molecule has 0 bridgehead atoms. The van der Waals surface area contributed by atoms with Crippen molar-refractivity contribution in [1.82, 2.24) is 4.98 Å². The van der Waals surface area contributed by atoms with E-state index < -0.39 is 11.8 Å². The summed E-state index contributed by atoms with van der Waals surface area (Å²) in [6.07, 6.45) is 1.39. The van der Waals surface area contributed by atoms with E-state index in [9.17, 15) is 14.7 Å². The highest BCUT2D eigenvalue weighted by Gasteiger charge is 2.20. The summed E-state index contributed by atoms with van der Waals surface area (Å²) in [5.74, 6) is -2.17. The molecular formula is C20H11ClNO5-. The van der Waals surface area contributed by atoms with Crippen LogP contribution in [0.5, 0.6) is 11.5 Å². The number of carboxylic acids is 1. The number of ketones is 1. The van der Waals surface area contributed by atoms with Crippen LogP contribution < -0.4 is 14.6 Å². The van der Waals surface area contributed by atoms with E-state index in [0.717, 1.165) is 5.39 Å². The van der Waals surface area contributed by atoms with Crippen LogP contribution in [0.25, 0.3) is 22.6 Å². The van der Waals surface area contributed by atoms with Crippen molar-refractivity contribution >= 4 is 45.9 Å². The minimum atomic E-state index is -1.82. The molecule has 0 spiro atoms. The average molecular weight is 381 g/mol. The van der Waals surface area contributed by atoms with Crippen molar-refractivity contribution in [2.75, 3.05) is 6.79 Å². The number of carboxylic acid groups (broad SMARTS) is 1. The summed E-state index contributed by atoms with van der Waals surface area (Å²) in [5.41, 5.74) is 1.21. The van der Waals surface area contributed by atoms with Gasteiger partial charge in [0.1, 0.15) is 5.97 Å². The van der Waals surface area contributed by atoms with Gasteiger partial charge in [-0.05, 0) is 35.9 Å². The zero-order chi connectivity index (χ0) is 19.0. The number of aliphatic carboxylic acids is 1. The Morgan fingerprint density at radius 3 is 2.74 bits per heavy atom. The Morgan fingerprint density at radius 1 is 1.11 bits per heavy atom. The molecular weight excluding hydrogens is 370 g/mol. The number of ether oxygens (including phenoxy) is 2. The molecule has 3 aromatic rings. The maximum absolute atomic E-state index is 12.2. The molecule has 4 rings (SSSR count). The Balaban J connectivity index is 1.86. The molecule has 134 valence electrons. The third kappa shape index (κ3) is 3.22. The number of benzene rings is 2. The van der Waals surface area contributed by atoms with E-state index >= 15 is 0 Å². The van der Waals surface area contributed by atoms with Gasteiger partial charge in [-0.2, -0.15) is 0 Å². The Kier molecular flexibility index (Phi) is 4.25. The lowest BCUT2D eigenvalue weighted by Gasteiger charge is -2.09. The smallest absolute Gasteiger partial charge is 0.231 e. The molecule has 0 aliphatic carbocycles. The normalized spacial score (nSPS) is 13.0. The molecule has 0 unspecified atom stereocenters. The van der Waals surface area contributed by atoms with Gasteiger partial charge in [0.15, 0.2) is 11.5 Å². The number of nitrogens with zero attached hydrogens (tertiary/aromatic N) is 1. The molecule has 0 saturated carbocycles. The largest absolute Gasteiger partial charge is 0.541 e. The second kappa shape index (κ2) is 6.74. The number of Topliss-reactive ketones (excluding diaryl/α,β-unsaturated/α-hetero) is 1. The van der Waals surface area contributed by atoms with Gasteiger partial charge in [0.05, 0.1) is 21.8 Å². The highest BCUT2D eigenvalue weighted by molar-refractivity contribution is 6.52. The van der Waals surface area contributed by atoms with Crippen molar-refractivity contribution in [1.29, 1.82) is 0 Å². The minimum absolute atomic E-state index is 0.0410. The van der Waals surface area contributed by atoms with Gasteiger partial charge in [-0.1, -0.05) is 35.9 Å². The number of carbonyl (C=O) groups excluding carboxylic acids is 2. The van der Waals surface area contributed by atoms with Crippen LogP contribution in [0.1, 0.15) is 11.3 Å². The van der Waals surface area contributed by atoms with Gasteiger partial charge < -0.3 is 19.4 Å². The third-order valence-corrected chi connectivity index (χ3v) is 4.35. The summed E-state index contributed by atoms with van der Waals surface area (Å²) >= 11 is 6.16. The van der Waals surface area contributed by atoms with E-state index in [0.29, 0.717) is 27.6 Å². The molecule has 1 aromatic heterocycles. The van der Waals surface area contributed by atoms with Gasteiger partial charge >= 0.3 is 0 Å².